The van der Waals surface area contributed by atoms with Crippen LogP contribution in [0.4, 0.5) is 0 Å². The van der Waals surface area contributed by atoms with Crippen LogP contribution < -0.4 is 0 Å². The van der Waals surface area contributed by atoms with E-state index in [2.05, 4.69) is 18.6 Å². The van der Waals surface area contributed by atoms with E-state index in [-0.39, 0.29) is 5.97 Å². The molecule has 16 heavy (non-hydrogen) atoms. The summed E-state index contributed by atoms with van der Waals surface area (Å²) in [5.74, 6) is -0.105. The van der Waals surface area contributed by atoms with E-state index in [0.29, 0.717) is 6.42 Å². The minimum absolute atomic E-state index is 0.105. The molecule has 0 aromatic rings. The standard InChI is InChI=1S/C8H18.C6H12O2/c1-3-5-7-8-6-4-2;1-3-4-5-6(7)8-2/h3-8H2,1-2H3;3-5H2,1-2H3. The van der Waals surface area contributed by atoms with Gasteiger partial charge in [-0.3, -0.25) is 4.79 Å². The number of esters is 1. The number of hydrogen-bond acceptors (Lipinski definition) is 2. The molecule has 0 radical (unpaired) electrons. The van der Waals surface area contributed by atoms with E-state index in [1.165, 1.54) is 45.6 Å². The van der Waals surface area contributed by atoms with Crippen molar-refractivity contribution in [1.29, 1.82) is 0 Å². The number of carbonyl (C=O) groups is 1. The topological polar surface area (TPSA) is 26.3 Å². The van der Waals surface area contributed by atoms with E-state index in [1.54, 1.807) is 0 Å². The van der Waals surface area contributed by atoms with Crippen LogP contribution in [0.3, 0.4) is 0 Å². The summed E-state index contributed by atoms with van der Waals surface area (Å²) in [7, 11) is 1.41. The molecular formula is C14H30O2. The zero-order valence-corrected chi connectivity index (χ0v) is 11.7. The summed E-state index contributed by atoms with van der Waals surface area (Å²) < 4.78 is 4.41. The van der Waals surface area contributed by atoms with Crippen LogP contribution in [0.5, 0.6) is 0 Å². The lowest BCUT2D eigenvalue weighted by atomic mass is 10.1. The molecule has 0 heterocycles. The van der Waals surface area contributed by atoms with Gasteiger partial charge in [0.2, 0.25) is 0 Å². The van der Waals surface area contributed by atoms with Gasteiger partial charge in [-0.25, -0.2) is 0 Å². The molecule has 0 aliphatic heterocycles. The van der Waals surface area contributed by atoms with Crippen LogP contribution in [0, 0.1) is 0 Å². The average molecular weight is 230 g/mol. The molecule has 0 aromatic carbocycles. The molecule has 98 valence electrons. The van der Waals surface area contributed by atoms with E-state index >= 15 is 0 Å². The fraction of sp³-hybridized carbons (Fsp3) is 0.929. The van der Waals surface area contributed by atoms with Gasteiger partial charge in [-0.1, -0.05) is 65.7 Å². The van der Waals surface area contributed by atoms with Crippen molar-refractivity contribution in [3.8, 4) is 0 Å². The molecule has 0 unspecified atom stereocenters. The molecule has 0 atom stereocenters. The molecule has 0 fully saturated rings. The first-order valence-corrected chi connectivity index (χ1v) is 6.79. The highest BCUT2D eigenvalue weighted by Crippen LogP contribution is 2.03. The Bertz CT molecular complexity index is 127. The minimum Gasteiger partial charge on any atom is -0.469 e. The van der Waals surface area contributed by atoms with E-state index in [1.807, 2.05) is 6.92 Å². The predicted octanol–water partition coefficient (Wildman–Crippen LogP) is 4.72. The van der Waals surface area contributed by atoms with Gasteiger partial charge in [0.05, 0.1) is 7.11 Å². The number of carbonyl (C=O) groups excluding carboxylic acids is 1. The van der Waals surface area contributed by atoms with Crippen molar-refractivity contribution in [3.63, 3.8) is 0 Å². The van der Waals surface area contributed by atoms with Gasteiger partial charge in [0.1, 0.15) is 0 Å². The van der Waals surface area contributed by atoms with Crippen LogP contribution in [0.2, 0.25) is 0 Å². The molecule has 0 spiro atoms. The van der Waals surface area contributed by atoms with Crippen LogP contribution >= 0.6 is 0 Å². The maximum absolute atomic E-state index is 10.3. The van der Waals surface area contributed by atoms with Gasteiger partial charge < -0.3 is 4.74 Å². The first-order valence-electron chi connectivity index (χ1n) is 6.79. The lowest BCUT2D eigenvalue weighted by Crippen LogP contribution is -1.98. The van der Waals surface area contributed by atoms with Crippen molar-refractivity contribution in [3.05, 3.63) is 0 Å². The summed E-state index contributed by atoms with van der Waals surface area (Å²) in [6.07, 6.45) is 11.0. The Labute approximate surface area is 102 Å². The van der Waals surface area contributed by atoms with Crippen molar-refractivity contribution < 1.29 is 9.53 Å². The molecule has 0 amide bonds. The van der Waals surface area contributed by atoms with Crippen LogP contribution in [-0.2, 0) is 9.53 Å². The van der Waals surface area contributed by atoms with Crippen LogP contribution in [0.1, 0.15) is 78.6 Å². The summed E-state index contributed by atoms with van der Waals surface area (Å²) in [5, 5.41) is 0. The Kier molecular flexibility index (Phi) is 18.8. The summed E-state index contributed by atoms with van der Waals surface area (Å²) in [6, 6.07) is 0. The third-order valence-corrected chi connectivity index (χ3v) is 2.42. The Morgan fingerprint density at radius 1 is 0.812 bits per heavy atom. The third-order valence-electron chi connectivity index (χ3n) is 2.42. The highest BCUT2D eigenvalue weighted by Gasteiger charge is 1.95. The normalized spacial score (nSPS) is 9.25. The summed E-state index contributed by atoms with van der Waals surface area (Å²) in [4.78, 5) is 10.3. The lowest BCUT2D eigenvalue weighted by molar-refractivity contribution is -0.140. The Balaban J connectivity index is 0. The molecule has 0 saturated carbocycles. The van der Waals surface area contributed by atoms with Crippen molar-refractivity contribution in [1.82, 2.24) is 0 Å². The SMILES string of the molecule is CCCCC(=O)OC.CCCCCCCC. The van der Waals surface area contributed by atoms with Gasteiger partial charge in [-0.15, -0.1) is 0 Å². The van der Waals surface area contributed by atoms with Crippen LogP contribution in [0.25, 0.3) is 0 Å². The molecule has 0 rings (SSSR count). The van der Waals surface area contributed by atoms with Gasteiger partial charge in [-0.05, 0) is 6.42 Å². The van der Waals surface area contributed by atoms with Gasteiger partial charge in [0.25, 0.3) is 0 Å². The molecule has 2 nitrogen and oxygen atoms in total. The zero-order valence-electron chi connectivity index (χ0n) is 11.7. The number of ether oxygens (including phenoxy) is 1. The summed E-state index contributed by atoms with van der Waals surface area (Å²) in [5.41, 5.74) is 0. The maximum atomic E-state index is 10.3. The number of methoxy groups -OCH3 is 1. The summed E-state index contributed by atoms with van der Waals surface area (Å²) in [6.45, 7) is 6.56. The second kappa shape index (κ2) is 16.9. The minimum atomic E-state index is -0.105. The molecule has 2 heteroatoms. The monoisotopic (exact) mass is 230 g/mol. The van der Waals surface area contributed by atoms with E-state index in [0.717, 1.165) is 12.8 Å². The first-order chi connectivity index (χ1) is 7.72. The Morgan fingerprint density at radius 2 is 1.25 bits per heavy atom. The highest BCUT2D eigenvalue weighted by molar-refractivity contribution is 5.68. The van der Waals surface area contributed by atoms with Gasteiger partial charge in [-0.2, -0.15) is 0 Å². The van der Waals surface area contributed by atoms with Gasteiger partial charge >= 0.3 is 5.97 Å². The maximum Gasteiger partial charge on any atom is 0.305 e. The van der Waals surface area contributed by atoms with Crippen molar-refractivity contribution in [2.24, 2.45) is 0 Å². The quantitative estimate of drug-likeness (QED) is 0.445. The average Bonchev–Trinajstić information content (AvgIpc) is 2.32. The van der Waals surface area contributed by atoms with Crippen LogP contribution in [0.15, 0.2) is 0 Å². The molecule has 0 bridgehead atoms. The number of hydrogen-bond donors (Lipinski definition) is 0. The number of rotatable bonds is 8. The van der Waals surface area contributed by atoms with E-state index in [9.17, 15) is 4.79 Å². The van der Waals surface area contributed by atoms with Gasteiger partial charge in [0, 0.05) is 6.42 Å². The van der Waals surface area contributed by atoms with Crippen molar-refractivity contribution in [2.75, 3.05) is 7.11 Å². The number of unbranched alkanes of at least 4 members (excludes halogenated alkanes) is 6. The fourth-order valence-electron chi connectivity index (χ4n) is 1.28. The first kappa shape index (κ1) is 17.9. The second-order valence-corrected chi connectivity index (χ2v) is 4.09. The second-order valence-electron chi connectivity index (χ2n) is 4.09. The molecular weight excluding hydrogens is 200 g/mol. The largest absolute Gasteiger partial charge is 0.469 e. The van der Waals surface area contributed by atoms with Crippen molar-refractivity contribution in [2.45, 2.75) is 78.6 Å². The highest BCUT2D eigenvalue weighted by atomic mass is 16.5. The van der Waals surface area contributed by atoms with Crippen molar-refractivity contribution >= 4 is 5.97 Å². The predicted molar refractivity (Wildman–Crippen MR) is 70.6 cm³/mol. The Morgan fingerprint density at radius 3 is 1.56 bits per heavy atom. The molecule has 0 aliphatic rings. The van der Waals surface area contributed by atoms with Crippen LogP contribution in [-0.4, -0.2) is 13.1 Å². The fourth-order valence-corrected chi connectivity index (χ4v) is 1.28. The zero-order chi connectivity index (χ0) is 12.6. The van der Waals surface area contributed by atoms with Gasteiger partial charge in [0.15, 0.2) is 0 Å². The lowest BCUT2D eigenvalue weighted by Gasteiger charge is -1.93. The molecule has 0 N–H and O–H groups in total. The smallest absolute Gasteiger partial charge is 0.305 e. The third kappa shape index (κ3) is 19.1. The molecule has 0 aliphatic carbocycles. The van der Waals surface area contributed by atoms with E-state index in [4.69, 9.17) is 0 Å². The Hall–Kier alpha value is -0.530. The van der Waals surface area contributed by atoms with E-state index < -0.39 is 0 Å². The molecule has 0 aromatic heterocycles. The molecule has 0 saturated heterocycles. The summed E-state index contributed by atoms with van der Waals surface area (Å²) >= 11 is 0.